The van der Waals surface area contributed by atoms with Crippen molar-refractivity contribution in [1.29, 1.82) is 0 Å². The second-order valence-corrected chi connectivity index (χ2v) is 5.25. The standard InChI is InChI=1S/C13H24N2O/c1-5-14-10-13(2,3)11-15(4)8-12-6-7-16-9-12/h6-7,9,14H,5,8,10-11H2,1-4H3. The third-order valence-corrected chi connectivity index (χ3v) is 2.58. The first-order valence-electron chi connectivity index (χ1n) is 5.94. The molecule has 0 fully saturated rings. The molecule has 0 amide bonds. The predicted molar refractivity (Wildman–Crippen MR) is 67.4 cm³/mol. The van der Waals surface area contributed by atoms with E-state index in [1.165, 1.54) is 5.56 Å². The minimum atomic E-state index is 0.300. The lowest BCUT2D eigenvalue weighted by Gasteiger charge is -2.30. The Bertz CT molecular complexity index is 280. The summed E-state index contributed by atoms with van der Waals surface area (Å²) >= 11 is 0. The van der Waals surface area contributed by atoms with Crippen molar-refractivity contribution in [3.05, 3.63) is 24.2 Å². The maximum atomic E-state index is 5.07. The summed E-state index contributed by atoms with van der Waals surface area (Å²) in [6.45, 7) is 10.8. The molecule has 1 rings (SSSR count). The van der Waals surface area contributed by atoms with Gasteiger partial charge >= 0.3 is 0 Å². The largest absolute Gasteiger partial charge is 0.472 e. The highest BCUT2D eigenvalue weighted by Crippen LogP contribution is 2.16. The highest BCUT2D eigenvalue weighted by molar-refractivity contribution is 5.04. The number of rotatable bonds is 7. The topological polar surface area (TPSA) is 28.4 Å². The van der Waals surface area contributed by atoms with Crippen molar-refractivity contribution in [1.82, 2.24) is 10.2 Å². The first-order valence-corrected chi connectivity index (χ1v) is 5.94. The number of hydrogen-bond donors (Lipinski definition) is 1. The molecule has 0 saturated heterocycles. The fourth-order valence-corrected chi connectivity index (χ4v) is 2.00. The molecule has 0 saturated carbocycles. The molecule has 0 bridgehead atoms. The molecule has 0 aliphatic heterocycles. The van der Waals surface area contributed by atoms with Gasteiger partial charge in [-0.15, -0.1) is 0 Å². The fraction of sp³-hybridized carbons (Fsp3) is 0.692. The van der Waals surface area contributed by atoms with Crippen LogP contribution in [-0.2, 0) is 6.54 Å². The minimum absolute atomic E-state index is 0.300. The predicted octanol–water partition coefficient (Wildman–Crippen LogP) is 2.35. The number of furan rings is 1. The van der Waals surface area contributed by atoms with Gasteiger partial charge in [-0.25, -0.2) is 0 Å². The van der Waals surface area contributed by atoms with Gasteiger partial charge in [0.1, 0.15) is 0 Å². The first-order chi connectivity index (χ1) is 7.53. The molecule has 0 atom stereocenters. The summed E-state index contributed by atoms with van der Waals surface area (Å²) in [5, 5.41) is 3.41. The fourth-order valence-electron chi connectivity index (χ4n) is 2.00. The second-order valence-electron chi connectivity index (χ2n) is 5.25. The maximum absolute atomic E-state index is 5.07. The van der Waals surface area contributed by atoms with E-state index in [2.05, 4.69) is 38.0 Å². The molecule has 92 valence electrons. The molecule has 1 aromatic rings. The Morgan fingerprint density at radius 2 is 2.19 bits per heavy atom. The Kier molecular flexibility index (Phi) is 5.03. The maximum Gasteiger partial charge on any atom is 0.0947 e. The van der Waals surface area contributed by atoms with Crippen molar-refractivity contribution < 1.29 is 4.42 Å². The lowest BCUT2D eigenvalue weighted by atomic mass is 9.92. The van der Waals surface area contributed by atoms with E-state index in [-0.39, 0.29) is 0 Å². The van der Waals surface area contributed by atoms with Crippen LogP contribution in [0.4, 0.5) is 0 Å². The zero-order valence-corrected chi connectivity index (χ0v) is 10.9. The van der Waals surface area contributed by atoms with E-state index >= 15 is 0 Å². The molecule has 1 aromatic heterocycles. The minimum Gasteiger partial charge on any atom is -0.472 e. The summed E-state index contributed by atoms with van der Waals surface area (Å²) in [6.07, 6.45) is 3.54. The van der Waals surface area contributed by atoms with Gasteiger partial charge in [-0.2, -0.15) is 0 Å². The van der Waals surface area contributed by atoms with Crippen molar-refractivity contribution in [2.45, 2.75) is 27.3 Å². The second kappa shape index (κ2) is 6.06. The quantitative estimate of drug-likeness (QED) is 0.770. The molecule has 1 N–H and O–H groups in total. The van der Waals surface area contributed by atoms with Crippen LogP contribution in [0, 0.1) is 5.41 Å². The van der Waals surface area contributed by atoms with Crippen molar-refractivity contribution in [3.63, 3.8) is 0 Å². The van der Waals surface area contributed by atoms with Crippen LogP contribution in [0.2, 0.25) is 0 Å². The van der Waals surface area contributed by atoms with Gasteiger partial charge in [0.25, 0.3) is 0 Å². The van der Waals surface area contributed by atoms with E-state index in [1.54, 1.807) is 6.26 Å². The van der Waals surface area contributed by atoms with Gasteiger partial charge < -0.3 is 14.6 Å². The number of nitrogens with zero attached hydrogens (tertiary/aromatic N) is 1. The van der Waals surface area contributed by atoms with E-state index in [0.717, 1.165) is 26.2 Å². The monoisotopic (exact) mass is 224 g/mol. The molecule has 0 aliphatic carbocycles. The van der Waals surface area contributed by atoms with Crippen LogP contribution >= 0.6 is 0 Å². The van der Waals surface area contributed by atoms with E-state index in [1.807, 2.05) is 12.3 Å². The molecule has 3 heteroatoms. The molecule has 3 nitrogen and oxygen atoms in total. The van der Waals surface area contributed by atoms with Crippen LogP contribution < -0.4 is 5.32 Å². The van der Waals surface area contributed by atoms with Gasteiger partial charge in [-0.05, 0) is 25.1 Å². The Balaban J connectivity index is 2.35. The van der Waals surface area contributed by atoms with Gasteiger partial charge in [-0.3, -0.25) is 0 Å². The lowest BCUT2D eigenvalue weighted by Crippen LogP contribution is -2.38. The average Bonchev–Trinajstić information content (AvgIpc) is 2.66. The molecular weight excluding hydrogens is 200 g/mol. The lowest BCUT2D eigenvalue weighted by molar-refractivity contribution is 0.199. The Morgan fingerprint density at radius 1 is 1.44 bits per heavy atom. The normalized spacial score (nSPS) is 12.3. The van der Waals surface area contributed by atoms with Gasteiger partial charge in [-0.1, -0.05) is 20.8 Å². The van der Waals surface area contributed by atoms with E-state index in [4.69, 9.17) is 4.42 Å². The zero-order chi connectivity index (χ0) is 12.0. The van der Waals surface area contributed by atoms with Crippen LogP contribution in [0.1, 0.15) is 26.3 Å². The van der Waals surface area contributed by atoms with Crippen molar-refractivity contribution in [3.8, 4) is 0 Å². The third kappa shape index (κ3) is 4.81. The molecule has 0 unspecified atom stereocenters. The molecule has 0 spiro atoms. The number of nitrogens with one attached hydrogen (secondary N) is 1. The van der Waals surface area contributed by atoms with Crippen LogP contribution in [0.3, 0.4) is 0 Å². The summed E-state index contributed by atoms with van der Waals surface area (Å²) in [4.78, 5) is 2.34. The van der Waals surface area contributed by atoms with Crippen LogP contribution in [0.5, 0.6) is 0 Å². The molecule has 0 aromatic carbocycles. The summed E-state index contributed by atoms with van der Waals surface area (Å²) in [7, 11) is 2.15. The van der Waals surface area contributed by atoms with E-state index in [9.17, 15) is 0 Å². The Morgan fingerprint density at radius 3 is 2.75 bits per heavy atom. The van der Waals surface area contributed by atoms with Crippen LogP contribution in [0.15, 0.2) is 23.0 Å². The van der Waals surface area contributed by atoms with Crippen LogP contribution in [-0.4, -0.2) is 31.6 Å². The van der Waals surface area contributed by atoms with Gasteiger partial charge in [0.05, 0.1) is 12.5 Å². The molecule has 0 radical (unpaired) electrons. The van der Waals surface area contributed by atoms with Gasteiger partial charge in [0.2, 0.25) is 0 Å². The average molecular weight is 224 g/mol. The van der Waals surface area contributed by atoms with Crippen molar-refractivity contribution in [2.24, 2.45) is 5.41 Å². The van der Waals surface area contributed by atoms with E-state index < -0.39 is 0 Å². The number of hydrogen-bond acceptors (Lipinski definition) is 3. The smallest absolute Gasteiger partial charge is 0.0947 e. The van der Waals surface area contributed by atoms with Crippen LogP contribution in [0.25, 0.3) is 0 Å². The zero-order valence-electron chi connectivity index (χ0n) is 10.9. The SMILES string of the molecule is CCNCC(C)(C)CN(C)Cc1ccoc1. The van der Waals surface area contributed by atoms with Crippen molar-refractivity contribution >= 4 is 0 Å². The molecular formula is C13H24N2O. The van der Waals surface area contributed by atoms with E-state index in [0.29, 0.717) is 5.41 Å². The summed E-state index contributed by atoms with van der Waals surface area (Å²) < 4.78 is 5.07. The Labute approximate surface area is 98.8 Å². The molecule has 0 aliphatic rings. The summed E-state index contributed by atoms with van der Waals surface area (Å²) in [5.41, 5.74) is 1.54. The first kappa shape index (κ1) is 13.3. The summed E-state index contributed by atoms with van der Waals surface area (Å²) in [5.74, 6) is 0. The molecule has 1 heterocycles. The van der Waals surface area contributed by atoms with Gasteiger partial charge in [0.15, 0.2) is 0 Å². The van der Waals surface area contributed by atoms with Crippen molar-refractivity contribution in [2.75, 3.05) is 26.7 Å². The summed E-state index contributed by atoms with van der Waals surface area (Å²) in [6, 6.07) is 2.02. The molecule has 16 heavy (non-hydrogen) atoms. The highest BCUT2D eigenvalue weighted by atomic mass is 16.3. The Hall–Kier alpha value is -0.800. The third-order valence-electron chi connectivity index (χ3n) is 2.58. The van der Waals surface area contributed by atoms with Gasteiger partial charge in [0, 0.05) is 25.2 Å². The highest BCUT2D eigenvalue weighted by Gasteiger charge is 2.19.